The lowest BCUT2D eigenvalue weighted by Gasteiger charge is -2.17. The van der Waals surface area contributed by atoms with Gasteiger partial charge in [0.1, 0.15) is 6.04 Å². The molecule has 5 N–H and O–H groups in total. The van der Waals surface area contributed by atoms with Gasteiger partial charge in [-0.15, -0.1) is 0 Å². The number of nitrogens with two attached hydrogens (primary N) is 1. The van der Waals surface area contributed by atoms with E-state index in [1.807, 2.05) is 6.92 Å². The molecule has 0 aromatic heterocycles. The Morgan fingerprint density at radius 2 is 2.08 bits per heavy atom. The first-order chi connectivity index (χ1) is 5.93. The van der Waals surface area contributed by atoms with Gasteiger partial charge < -0.3 is 16.2 Å². The van der Waals surface area contributed by atoms with Crippen LogP contribution in [0.15, 0.2) is 0 Å². The van der Waals surface area contributed by atoms with E-state index >= 15 is 0 Å². The fourth-order valence-corrected chi connectivity index (χ4v) is 0.957. The van der Waals surface area contributed by atoms with Gasteiger partial charge in [0.15, 0.2) is 6.10 Å². The van der Waals surface area contributed by atoms with Crippen molar-refractivity contribution < 1.29 is 20.1 Å². The van der Waals surface area contributed by atoms with Gasteiger partial charge in [-0.05, 0) is 13.3 Å². The molecule has 0 aliphatic heterocycles. The minimum atomic E-state index is -0.391. The zero-order valence-electron chi connectivity index (χ0n) is 8.08. The van der Waals surface area contributed by atoms with Crippen molar-refractivity contribution >= 4 is 11.9 Å². The Morgan fingerprint density at radius 1 is 1.54 bits per heavy atom. The zero-order chi connectivity index (χ0) is 10.4. The van der Waals surface area contributed by atoms with Crippen molar-refractivity contribution in [2.45, 2.75) is 38.8 Å². The van der Waals surface area contributed by atoms with E-state index in [0.717, 1.165) is 0 Å². The summed E-state index contributed by atoms with van der Waals surface area (Å²) in [6.45, 7) is 3.16. The van der Waals surface area contributed by atoms with Gasteiger partial charge in [0.25, 0.3) is 0 Å². The summed E-state index contributed by atoms with van der Waals surface area (Å²) in [5, 5.41) is 0. The molecule has 0 spiro atoms. The van der Waals surface area contributed by atoms with E-state index in [0.29, 0.717) is 6.42 Å². The van der Waals surface area contributed by atoms with Gasteiger partial charge in [-0.3, -0.25) is 9.59 Å². The Kier molecular flexibility index (Phi) is 5.06. The van der Waals surface area contributed by atoms with E-state index in [9.17, 15) is 9.59 Å². The molecular formula is C8H17N2O3+. The summed E-state index contributed by atoms with van der Waals surface area (Å²) in [5.74, 6) is -0.747. The Morgan fingerprint density at radius 3 is 2.38 bits per heavy atom. The second kappa shape index (κ2) is 5.53. The monoisotopic (exact) mass is 189 g/mol. The minimum Gasteiger partial charge on any atom is -0.456 e. The molecule has 0 fully saturated rings. The van der Waals surface area contributed by atoms with Gasteiger partial charge >= 0.3 is 5.97 Å². The highest BCUT2D eigenvalue weighted by atomic mass is 16.5. The maximum absolute atomic E-state index is 10.6. The smallest absolute Gasteiger partial charge is 0.303 e. The largest absolute Gasteiger partial charge is 0.456 e. The van der Waals surface area contributed by atoms with Gasteiger partial charge in [-0.1, -0.05) is 0 Å². The van der Waals surface area contributed by atoms with Crippen molar-refractivity contribution in [3.05, 3.63) is 0 Å². The van der Waals surface area contributed by atoms with Crippen LogP contribution in [0.1, 0.15) is 26.7 Å². The third kappa shape index (κ3) is 6.10. The van der Waals surface area contributed by atoms with E-state index in [1.54, 1.807) is 0 Å². The number of carbonyl (C=O) groups is 2. The van der Waals surface area contributed by atoms with E-state index < -0.39 is 5.91 Å². The summed E-state index contributed by atoms with van der Waals surface area (Å²) in [4.78, 5) is 21.1. The van der Waals surface area contributed by atoms with Gasteiger partial charge in [0.05, 0.1) is 0 Å². The molecule has 0 saturated heterocycles. The van der Waals surface area contributed by atoms with E-state index in [2.05, 4.69) is 5.73 Å². The topological polar surface area (TPSA) is 97.0 Å². The quantitative estimate of drug-likeness (QED) is 0.532. The number of hydrogen-bond donors (Lipinski definition) is 2. The van der Waals surface area contributed by atoms with Crippen LogP contribution in [0.3, 0.4) is 0 Å². The number of amides is 1. The van der Waals surface area contributed by atoms with Crippen molar-refractivity contribution in [3.8, 4) is 0 Å². The number of rotatable bonds is 5. The normalized spacial score (nSPS) is 14.7. The predicted octanol–water partition coefficient (Wildman–Crippen LogP) is -1.19. The first-order valence-electron chi connectivity index (χ1n) is 4.22. The number of carbonyl (C=O) groups excluding carboxylic acids is 2. The molecular weight excluding hydrogens is 172 g/mol. The lowest BCUT2D eigenvalue weighted by molar-refractivity contribution is -0.431. The number of quaternary nitrogens is 1. The Labute approximate surface area is 77.4 Å². The Bertz CT molecular complexity index is 192. The highest BCUT2D eigenvalue weighted by Crippen LogP contribution is 2.04. The van der Waals surface area contributed by atoms with Crippen LogP contribution in [0.25, 0.3) is 0 Å². The van der Waals surface area contributed by atoms with E-state index in [1.165, 1.54) is 6.92 Å². The van der Waals surface area contributed by atoms with Crippen molar-refractivity contribution in [1.29, 1.82) is 0 Å². The van der Waals surface area contributed by atoms with Crippen LogP contribution in [-0.4, -0.2) is 24.0 Å². The highest BCUT2D eigenvalue weighted by Gasteiger charge is 2.20. The molecule has 5 nitrogen and oxygen atoms in total. The van der Waals surface area contributed by atoms with E-state index in [-0.39, 0.29) is 24.5 Å². The summed E-state index contributed by atoms with van der Waals surface area (Å²) < 4.78 is 4.95. The maximum Gasteiger partial charge on any atom is 0.303 e. The molecule has 13 heavy (non-hydrogen) atoms. The number of esters is 1. The van der Waals surface area contributed by atoms with Gasteiger partial charge in [0, 0.05) is 13.3 Å². The molecule has 0 bridgehead atoms. The fraction of sp³-hybridized carbons (Fsp3) is 0.750. The van der Waals surface area contributed by atoms with Crippen molar-refractivity contribution in [1.82, 2.24) is 0 Å². The average molecular weight is 189 g/mol. The summed E-state index contributed by atoms with van der Waals surface area (Å²) in [6, 6.07) is -0.0387. The highest BCUT2D eigenvalue weighted by molar-refractivity contribution is 5.73. The molecule has 0 aliphatic rings. The molecule has 0 radical (unpaired) electrons. The Balaban J connectivity index is 3.95. The van der Waals surface area contributed by atoms with Crippen molar-refractivity contribution in [2.75, 3.05) is 0 Å². The molecule has 5 heteroatoms. The first-order valence-corrected chi connectivity index (χ1v) is 4.22. The van der Waals surface area contributed by atoms with Gasteiger partial charge in [-0.25, -0.2) is 0 Å². The van der Waals surface area contributed by atoms with Crippen LogP contribution in [0.2, 0.25) is 0 Å². The molecule has 76 valence electrons. The standard InChI is InChI=1S/C8H16N2O3/c1-5(9)7(13-6(2)11)3-4-8(10)12/h5,7H,3-4,9H2,1-2H3,(H2,10,12)/p+1. The lowest BCUT2D eigenvalue weighted by Crippen LogP contribution is -2.65. The molecule has 0 aromatic carbocycles. The Hall–Kier alpha value is -1.10. The molecule has 0 rings (SSSR count). The second-order valence-corrected chi connectivity index (χ2v) is 3.13. The van der Waals surface area contributed by atoms with Crippen LogP contribution in [0.4, 0.5) is 0 Å². The molecule has 2 unspecified atom stereocenters. The van der Waals surface area contributed by atoms with Crippen LogP contribution in [0.5, 0.6) is 0 Å². The third-order valence-electron chi connectivity index (χ3n) is 1.63. The van der Waals surface area contributed by atoms with Gasteiger partial charge in [0.2, 0.25) is 5.91 Å². The number of hydrogen-bond acceptors (Lipinski definition) is 3. The predicted molar refractivity (Wildman–Crippen MR) is 46.3 cm³/mol. The van der Waals surface area contributed by atoms with Crippen LogP contribution in [0, 0.1) is 0 Å². The molecule has 0 saturated carbocycles. The molecule has 0 aliphatic carbocycles. The molecule has 1 amide bonds. The van der Waals surface area contributed by atoms with E-state index in [4.69, 9.17) is 10.5 Å². The summed E-state index contributed by atoms with van der Waals surface area (Å²) in [6.07, 6.45) is 0.349. The molecule has 2 atom stereocenters. The second-order valence-electron chi connectivity index (χ2n) is 3.13. The first kappa shape index (κ1) is 11.9. The minimum absolute atomic E-state index is 0.0387. The zero-order valence-corrected chi connectivity index (χ0v) is 8.08. The maximum atomic E-state index is 10.6. The lowest BCUT2D eigenvalue weighted by atomic mass is 10.1. The van der Waals surface area contributed by atoms with Crippen LogP contribution >= 0.6 is 0 Å². The molecule has 0 aromatic rings. The third-order valence-corrected chi connectivity index (χ3v) is 1.63. The number of primary amides is 1. The summed E-state index contributed by atoms with van der Waals surface area (Å²) in [7, 11) is 0. The average Bonchev–Trinajstić information content (AvgIpc) is 1.96. The SMILES string of the molecule is CC(=O)OC(CCC(N)=O)C(C)[NH3+]. The molecule has 0 heterocycles. The van der Waals surface area contributed by atoms with Gasteiger partial charge in [-0.2, -0.15) is 0 Å². The van der Waals surface area contributed by atoms with Crippen LogP contribution < -0.4 is 11.5 Å². The fourth-order valence-electron chi connectivity index (χ4n) is 0.957. The summed E-state index contributed by atoms with van der Waals surface area (Å²) >= 11 is 0. The summed E-state index contributed by atoms with van der Waals surface area (Å²) in [5.41, 5.74) is 8.71. The number of ether oxygens (including phenoxy) is 1. The van der Waals surface area contributed by atoms with Crippen molar-refractivity contribution in [2.24, 2.45) is 5.73 Å². The van der Waals surface area contributed by atoms with Crippen LogP contribution in [-0.2, 0) is 14.3 Å². The van der Waals surface area contributed by atoms with Crippen molar-refractivity contribution in [3.63, 3.8) is 0 Å².